The van der Waals surface area contributed by atoms with Crippen LogP contribution in [0, 0.1) is 5.82 Å². The van der Waals surface area contributed by atoms with Crippen LogP contribution in [0.15, 0.2) is 18.2 Å². The molecule has 4 heteroatoms. The molecule has 1 aliphatic rings. The fraction of sp³-hybridized carbons (Fsp3) is 0.538. The molecule has 1 aliphatic heterocycles. The molecule has 1 heterocycles. The number of halogens is 2. The predicted octanol–water partition coefficient (Wildman–Crippen LogP) is 3.14. The number of hydrogen-bond acceptors (Lipinski definition) is 2. The van der Waals surface area contributed by atoms with Gasteiger partial charge in [-0.2, -0.15) is 0 Å². The van der Waals surface area contributed by atoms with Crippen molar-refractivity contribution in [2.24, 2.45) is 0 Å². The Hall–Kier alpha value is -0.640. The summed E-state index contributed by atoms with van der Waals surface area (Å²) in [6.07, 6.45) is 3.70. The summed E-state index contributed by atoms with van der Waals surface area (Å²) in [6, 6.07) is 4.75. The van der Waals surface area contributed by atoms with Gasteiger partial charge >= 0.3 is 0 Å². The summed E-state index contributed by atoms with van der Waals surface area (Å²) >= 11 is 5.94. The molecule has 1 N–H and O–H groups in total. The molecule has 0 aromatic heterocycles. The molecular weight excluding hydrogens is 241 g/mol. The van der Waals surface area contributed by atoms with E-state index < -0.39 is 0 Å². The Labute approximate surface area is 106 Å². The van der Waals surface area contributed by atoms with Crippen molar-refractivity contribution in [2.45, 2.75) is 31.9 Å². The first-order chi connectivity index (χ1) is 8.27. The number of rotatable bonds is 4. The highest BCUT2D eigenvalue weighted by Crippen LogP contribution is 2.18. The van der Waals surface area contributed by atoms with E-state index in [-0.39, 0.29) is 11.9 Å². The lowest BCUT2D eigenvalue weighted by Crippen LogP contribution is -2.31. The van der Waals surface area contributed by atoms with Crippen molar-refractivity contribution in [3.63, 3.8) is 0 Å². The molecule has 1 aromatic rings. The van der Waals surface area contributed by atoms with Gasteiger partial charge < -0.3 is 10.1 Å². The topological polar surface area (TPSA) is 21.3 Å². The van der Waals surface area contributed by atoms with Crippen LogP contribution in [0.25, 0.3) is 0 Å². The minimum atomic E-state index is -0.255. The molecule has 0 radical (unpaired) electrons. The van der Waals surface area contributed by atoms with Crippen molar-refractivity contribution in [2.75, 3.05) is 13.2 Å². The zero-order valence-corrected chi connectivity index (χ0v) is 10.5. The molecule has 0 spiro atoms. The molecule has 2 nitrogen and oxygen atoms in total. The average molecular weight is 258 g/mol. The van der Waals surface area contributed by atoms with E-state index in [1.165, 1.54) is 12.5 Å². The Bertz CT molecular complexity index is 346. The van der Waals surface area contributed by atoms with Crippen molar-refractivity contribution < 1.29 is 9.13 Å². The molecule has 1 aromatic carbocycles. The van der Waals surface area contributed by atoms with Crippen LogP contribution in [0.1, 0.15) is 24.8 Å². The number of hydrogen-bond donors (Lipinski definition) is 1. The molecule has 1 fully saturated rings. The zero-order valence-electron chi connectivity index (χ0n) is 9.72. The van der Waals surface area contributed by atoms with Crippen LogP contribution in [0.2, 0.25) is 5.02 Å². The molecule has 0 saturated carbocycles. The van der Waals surface area contributed by atoms with Crippen molar-refractivity contribution in [1.82, 2.24) is 5.32 Å². The summed E-state index contributed by atoms with van der Waals surface area (Å²) in [5.74, 6) is -0.255. The van der Waals surface area contributed by atoms with Crippen LogP contribution in [0.5, 0.6) is 0 Å². The standard InChI is InChI=1S/C13H17ClFNO/c14-12-5-3-6-13(15)11(12)9-16-8-10-4-1-2-7-17-10/h3,5-6,10,16H,1-2,4,7-9H2. The van der Waals surface area contributed by atoms with Crippen molar-refractivity contribution in [3.05, 3.63) is 34.6 Å². The van der Waals surface area contributed by atoms with Gasteiger partial charge in [0.15, 0.2) is 0 Å². The van der Waals surface area contributed by atoms with Crippen molar-refractivity contribution in [1.29, 1.82) is 0 Å². The third-order valence-corrected chi connectivity index (χ3v) is 3.36. The van der Waals surface area contributed by atoms with E-state index in [2.05, 4.69) is 5.32 Å². The fourth-order valence-electron chi connectivity index (χ4n) is 2.03. The number of nitrogens with one attached hydrogen (secondary N) is 1. The summed E-state index contributed by atoms with van der Waals surface area (Å²) in [4.78, 5) is 0. The van der Waals surface area contributed by atoms with Gasteiger partial charge in [0.25, 0.3) is 0 Å². The largest absolute Gasteiger partial charge is 0.377 e. The second-order valence-corrected chi connectivity index (χ2v) is 4.73. The minimum Gasteiger partial charge on any atom is -0.377 e. The molecule has 0 bridgehead atoms. The normalized spacial score (nSPS) is 20.5. The second-order valence-electron chi connectivity index (χ2n) is 4.32. The van der Waals surface area contributed by atoms with Crippen LogP contribution in [-0.2, 0) is 11.3 Å². The predicted molar refractivity (Wildman–Crippen MR) is 66.7 cm³/mol. The Morgan fingerprint density at radius 3 is 3.00 bits per heavy atom. The lowest BCUT2D eigenvalue weighted by atomic mass is 10.1. The molecule has 2 rings (SSSR count). The molecule has 1 unspecified atom stereocenters. The first-order valence-corrected chi connectivity index (χ1v) is 6.40. The fourth-order valence-corrected chi connectivity index (χ4v) is 2.26. The van der Waals surface area contributed by atoms with Crippen molar-refractivity contribution >= 4 is 11.6 Å². The minimum absolute atomic E-state index is 0.255. The smallest absolute Gasteiger partial charge is 0.129 e. The third-order valence-electron chi connectivity index (χ3n) is 3.01. The Morgan fingerprint density at radius 2 is 2.29 bits per heavy atom. The van der Waals surface area contributed by atoms with Gasteiger partial charge in [0.1, 0.15) is 5.82 Å². The summed E-state index contributed by atoms with van der Waals surface area (Å²) in [7, 11) is 0. The average Bonchev–Trinajstić information content (AvgIpc) is 2.34. The SMILES string of the molecule is Fc1cccc(Cl)c1CNCC1CCCCO1. The maximum absolute atomic E-state index is 13.5. The van der Waals surface area contributed by atoms with Gasteiger partial charge in [-0.25, -0.2) is 4.39 Å². The maximum atomic E-state index is 13.5. The van der Waals surface area contributed by atoms with Gasteiger partial charge in [-0.1, -0.05) is 17.7 Å². The van der Waals surface area contributed by atoms with Gasteiger partial charge in [0.05, 0.1) is 6.10 Å². The molecule has 17 heavy (non-hydrogen) atoms. The van der Waals surface area contributed by atoms with E-state index in [1.807, 2.05) is 0 Å². The summed E-state index contributed by atoms with van der Waals surface area (Å²) in [5, 5.41) is 3.68. The van der Waals surface area contributed by atoms with Gasteiger partial charge in [-0.3, -0.25) is 0 Å². The molecule has 1 atom stereocenters. The van der Waals surface area contributed by atoms with E-state index in [0.717, 1.165) is 26.0 Å². The Balaban J connectivity index is 1.81. The van der Waals surface area contributed by atoms with Gasteiger partial charge in [0.2, 0.25) is 0 Å². The van der Waals surface area contributed by atoms with Gasteiger partial charge in [-0.15, -0.1) is 0 Å². The number of benzene rings is 1. The first kappa shape index (κ1) is 12.8. The Kier molecular flexibility index (Phi) is 4.77. The Morgan fingerprint density at radius 1 is 1.41 bits per heavy atom. The van der Waals surface area contributed by atoms with E-state index in [9.17, 15) is 4.39 Å². The molecule has 0 aliphatic carbocycles. The van der Waals surface area contributed by atoms with E-state index in [1.54, 1.807) is 12.1 Å². The summed E-state index contributed by atoms with van der Waals surface area (Å²) in [5.41, 5.74) is 0.532. The van der Waals surface area contributed by atoms with E-state index in [4.69, 9.17) is 16.3 Å². The second kappa shape index (κ2) is 6.34. The zero-order chi connectivity index (χ0) is 12.1. The van der Waals surface area contributed by atoms with Crippen LogP contribution in [0.3, 0.4) is 0 Å². The highest BCUT2D eigenvalue weighted by Gasteiger charge is 2.13. The summed E-state index contributed by atoms with van der Waals surface area (Å²) < 4.78 is 19.0. The monoisotopic (exact) mass is 257 g/mol. The maximum Gasteiger partial charge on any atom is 0.129 e. The quantitative estimate of drug-likeness (QED) is 0.895. The van der Waals surface area contributed by atoms with Crippen LogP contribution in [-0.4, -0.2) is 19.3 Å². The van der Waals surface area contributed by atoms with Crippen molar-refractivity contribution in [3.8, 4) is 0 Å². The van der Waals surface area contributed by atoms with Crippen LogP contribution in [0.4, 0.5) is 4.39 Å². The van der Waals surface area contributed by atoms with E-state index in [0.29, 0.717) is 17.1 Å². The molecule has 94 valence electrons. The highest BCUT2D eigenvalue weighted by atomic mass is 35.5. The third kappa shape index (κ3) is 3.66. The van der Waals surface area contributed by atoms with Crippen LogP contribution >= 0.6 is 11.6 Å². The molecular formula is C13H17ClFNO. The van der Waals surface area contributed by atoms with Gasteiger partial charge in [-0.05, 0) is 31.4 Å². The van der Waals surface area contributed by atoms with Gasteiger partial charge in [0, 0.05) is 30.3 Å². The van der Waals surface area contributed by atoms with Crippen LogP contribution < -0.4 is 5.32 Å². The highest BCUT2D eigenvalue weighted by molar-refractivity contribution is 6.31. The summed E-state index contributed by atoms with van der Waals surface area (Å²) in [6.45, 7) is 2.04. The first-order valence-electron chi connectivity index (χ1n) is 6.02. The molecule has 1 saturated heterocycles. The molecule has 0 amide bonds. The lowest BCUT2D eigenvalue weighted by Gasteiger charge is -2.22. The number of ether oxygens (including phenoxy) is 1. The van der Waals surface area contributed by atoms with E-state index >= 15 is 0 Å². The lowest BCUT2D eigenvalue weighted by molar-refractivity contribution is 0.0167.